The summed E-state index contributed by atoms with van der Waals surface area (Å²) in [5.41, 5.74) is 1.39. The third-order valence-corrected chi connectivity index (χ3v) is 3.85. The number of nitriles is 2. The van der Waals surface area contributed by atoms with Crippen molar-refractivity contribution in [3.05, 3.63) is 69.6 Å². The van der Waals surface area contributed by atoms with Crippen molar-refractivity contribution in [2.45, 2.75) is 19.8 Å². The lowest BCUT2D eigenvalue weighted by Gasteiger charge is -2.11. The maximum Gasteiger partial charge on any atom is 0.336 e. The van der Waals surface area contributed by atoms with Gasteiger partial charge < -0.3 is 9.15 Å². The Morgan fingerprint density at radius 2 is 1.72 bits per heavy atom. The van der Waals surface area contributed by atoms with Crippen LogP contribution in [0.15, 0.2) is 51.7 Å². The van der Waals surface area contributed by atoms with Crippen molar-refractivity contribution >= 4 is 11.0 Å². The lowest BCUT2D eigenvalue weighted by atomic mass is 10.00. The molecule has 0 aliphatic carbocycles. The normalized spacial score (nSPS) is 10.4. The molecule has 122 valence electrons. The molecule has 0 spiro atoms. The Labute approximate surface area is 144 Å². The van der Waals surface area contributed by atoms with Crippen LogP contribution in [-0.4, -0.2) is 0 Å². The molecule has 1 heterocycles. The minimum absolute atomic E-state index is 0.169. The van der Waals surface area contributed by atoms with E-state index in [1.165, 1.54) is 6.07 Å². The summed E-state index contributed by atoms with van der Waals surface area (Å²) in [6.07, 6.45) is 0. The summed E-state index contributed by atoms with van der Waals surface area (Å²) < 4.78 is 11.0. The van der Waals surface area contributed by atoms with Gasteiger partial charge in [0.15, 0.2) is 5.75 Å². The topological polar surface area (TPSA) is 87.0 Å². The van der Waals surface area contributed by atoms with Crippen LogP contribution in [0.25, 0.3) is 11.0 Å². The number of rotatable bonds is 3. The van der Waals surface area contributed by atoms with Gasteiger partial charge in [0.05, 0.1) is 11.1 Å². The molecule has 0 bridgehead atoms. The van der Waals surface area contributed by atoms with Gasteiger partial charge in [-0.15, -0.1) is 0 Å². The molecular weight excluding hydrogens is 316 g/mol. The average Bonchev–Trinajstić information content (AvgIpc) is 2.60. The van der Waals surface area contributed by atoms with Gasteiger partial charge in [-0.2, -0.15) is 10.5 Å². The van der Waals surface area contributed by atoms with Crippen LogP contribution in [0.3, 0.4) is 0 Å². The van der Waals surface area contributed by atoms with E-state index in [9.17, 15) is 15.3 Å². The molecule has 0 N–H and O–H groups in total. The highest BCUT2D eigenvalue weighted by atomic mass is 16.5. The highest BCUT2D eigenvalue weighted by molar-refractivity contribution is 5.82. The van der Waals surface area contributed by atoms with Gasteiger partial charge in [-0.3, -0.25) is 0 Å². The second-order valence-corrected chi connectivity index (χ2v) is 5.84. The van der Waals surface area contributed by atoms with Gasteiger partial charge in [-0.05, 0) is 35.7 Å². The van der Waals surface area contributed by atoms with E-state index in [2.05, 4.69) is 0 Å². The Balaban J connectivity index is 2.13. The highest BCUT2D eigenvalue weighted by Gasteiger charge is 2.13. The van der Waals surface area contributed by atoms with Gasteiger partial charge in [0.1, 0.15) is 23.5 Å². The molecule has 0 aliphatic heterocycles. The van der Waals surface area contributed by atoms with E-state index in [-0.39, 0.29) is 22.8 Å². The van der Waals surface area contributed by atoms with Crippen molar-refractivity contribution in [2.75, 3.05) is 0 Å². The summed E-state index contributed by atoms with van der Waals surface area (Å²) in [5.74, 6) is 0.743. The van der Waals surface area contributed by atoms with E-state index in [1.54, 1.807) is 30.3 Å². The fourth-order valence-electron chi connectivity index (χ4n) is 2.65. The van der Waals surface area contributed by atoms with Gasteiger partial charge >= 0.3 is 5.63 Å². The summed E-state index contributed by atoms with van der Waals surface area (Å²) >= 11 is 0. The predicted octanol–water partition coefficient (Wildman–Crippen LogP) is 4.45. The third-order valence-electron chi connectivity index (χ3n) is 3.85. The van der Waals surface area contributed by atoms with E-state index < -0.39 is 5.63 Å². The minimum Gasteiger partial charge on any atom is -0.454 e. The maximum atomic E-state index is 11.8. The molecule has 0 aliphatic rings. The zero-order chi connectivity index (χ0) is 18.0. The van der Waals surface area contributed by atoms with Gasteiger partial charge in [-0.25, -0.2) is 4.79 Å². The van der Waals surface area contributed by atoms with Crippen molar-refractivity contribution in [1.82, 2.24) is 0 Å². The lowest BCUT2D eigenvalue weighted by Crippen LogP contribution is -2.02. The van der Waals surface area contributed by atoms with Gasteiger partial charge in [0.25, 0.3) is 0 Å². The monoisotopic (exact) mass is 330 g/mol. The Kier molecular flexibility index (Phi) is 4.24. The first-order valence-corrected chi connectivity index (χ1v) is 7.72. The number of para-hydroxylation sites is 1. The van der Waals surface area contributed by atoms with Crippen molar-refractivity contribution in [3.8, 4) is 23.6 Å². The molecule has 5 nitrogen and oxygen atoms in total. The van der Waals surface area contributed by atoms with Crippen LogP contribution >= 0.6 is 0 Å². The van der Waals surface area contributed by atoms with Crippen molar-refractivity contribution in [1.29, 1.82) is 10.5 Å². The van der Waals surface area contributed by atoms with E-state index in [0.717, 1.165) is 10.9 Å². The summed E-state index contributed by atoms with van der Waals surface area (Å²) in [6, 6.07) is 15.4. The molecule has 0 saturated carbocycles. The summed E-state index contributed by atoms with van der Waals surface area (Å²) in [4.78, 5) is 11.8. The Hall–Kier alpha value is -3.57. The predicted molar refractivity (Wildman–Crippen MR) is 92.5 cm³/mol. The fourth-order valence-corrected chi connectivity index (χ4v) is 2.65. The summed E-state index contributed by atoms with van der Waals surface area (Å²) in [7, 11) is 0. The molecule has 0 saturated heterocycles. The molecule has 0 amide bonds. The van der Waals surface area contributed by atoms with Gasteiger partial charge in [-0.1, -0.05) is 19.9 Å². The number of fused-ring (bicyclic) bond motifs is 1. The zero-order valence-corrected chi connectivity index (χ0v) is 13.7. The van der Waals surface area contributed by atoms with E-state index in [0.29, 0.717) is 11.3 Å². The molecule has 0 atom stereocenters. The standard InChI is InChI=1S/C20H14N2O3/c1-12(2)17-9-19(23)25-18-8-15(6-7-16(17)18)24-20-13(10-21)4-3-5-14(20)11-22/h3-9,12H,1-2H3. The van der Waals surface area contributed by atoms with Crippen LogP contribution in [0.1, 0.15) is 36.5 Å². The van der Waals surface area contributed by atoms with Crippen LogP contribution in [0.5, 0.6) is 11.5 Å². The first-order valence-electron chi connectivity index (χ1n) is 7.72. The van der Waals surface area contributed by atoms with Gasteiger partial charge in [0.2, 0.25) is 0 Å². The van der Waals surface area contributed by atoms with Crippen LogP contribution in [0.4, 0.5) is 0 Å². The third kappa shape index (κ3) is 3.08. The first kappa shape index (κ1) is 16.3. The minimum atomic E-state index is -0.427. The van der Waals surface area contributed by atoms with Crippen molar-refractivity contribution in [2.24, 2.45) is 0 Å². The number of hydrogen-bond acceptors (Lipinski definition) is 5. The molecule has 3 aromatic rings. The Bertz CT molecular complexity index is 1070. The SMILES string of the molecule is CC(C)c1cc(=O)oc2cc(Oc3c(C#N)cccc3C#N)ccc12. The Morgan fingerprint density at radius 3 is 2.32 bits per heavy atom. The second-order valence-electron chi connectivity index (χ2n) is 5.84. The second kappa shape index (κ2) is 6.51. The number of hydrogen-bond donors (Lipinski definition) is 0. The van der Waals surface area contributed by atoms with Crippen LogP contribution in [-0.2, 0) is 0 Å². The lowest BCUT2D eigenvalue weighted by molar-refractivity contribution is 0.477. The average molecular weight is 330 g/mol. The quantitative estimate of drug-likeness (QED) is 0.662. The molecule has 5 heteroatoms. The zero-order valence-electron chi connectivity index (χ0n) is 13.7. The van der Waals surface area contributed by atoms with E-state index in [4.69, 9.17) is 9.15 Å². The van der Waals surface area contributed by atoms with Crippen molar-refractivity contribution < 1.29 is 9.15 Å². The molecule has 3 rings (SSSR count). The van der Waals surface area contributed by atoms with Crippen molar-refractivity contribution in [3.63, 3.8) is 0 Å². The molecule has 0 fully saturated rings. The molecule has 1 aromatic heterocycles. The molecule has 0 unspecified atom stereocenters. The molecule has 25 heavy (non-hydrogen) atoms. The Morgan fingerprint density at radius 1 is 1.04 bits per heavy atom. The van der Waals surface area contributed by atoms with Gasteiger partial charge in [0, 0.05) is 17.5 Å². The largest absolute Gasteiger partial charge is 0.454 e. The smallest absolute Gasteiger partial charge is 0.336 e. The molecule has 2 aromatic carbocycles. The number of benzene rings is 2. The van der Waals surface area contributed by atoms with Crippen LogP contribution < -0.4 is 10.4 Å². The summed E-state index contributed by atoms with van der Waals surface area (Å²) in [6.45, 7) is 4.00. The number of ether oxygens (including phenoxy) is 1. The van der Waals surface area contributed by atoms with E-state index in [1.807, 2.05) is 32.1 Å². The van der Waals surface area contributed by atoms with E-state index >= 15 is 0 Å². The highest BCUT2D eigenvalue weighted by Crippen LogP contribution is 2.32. The fraction of sp³-hybridized carbons (Fsp3) is 0.150. The summed E-state index contributed by atoms with van der Waals surface area (Å²) in [5, 5.41) is 19.3. The van der Waals surface area contributed by atoms with Crippen LogP contribution in [0.2, 0.25) is 0 Å². The molecule has 0 radical (unpaired) electrons. The first-order chi connectivity index (χ1) is 12.0. The maximum absolute atomic E-state index is 11.8. The van der Waals surface area contributed by atoms with Crippen LogP contribution in [0, 0.1) is 22.7 Å². The number of nitrogens with zero attached hydrogens (tertiary/aromatic N) is 2. The molecular formula is C20H14N2O3.